The molecule has 0 saturated carbocycles. The van der Waals surface area contributed by atoms with Crippen molar-refractivity contribution >= 4 is 42.6 Å². The number of benzene rings is 3. The summed E-state index contributed by atoms with van der Waals surface area (Å²) in [6.07, 6.45) is 0. The van der Waals surface area contributed by atoms with Crippen LogP contribution in [0.4, 0.5) is 10.1 Å². The molecule has 1 saturated heterocycles. The van der Waals surface area contributed by atoms with Gasteiger partial charge >= 0.3 is 0 Å². The highest BCUT2D eigenvalue weighted by Gasteiger charge is 2.35. The summed E-state index contributed by atoms with van der Waals surface area (Å²) in [5.41, 5.74) is 0.520. The maximum Gasteiger partial charge on any atom is 0.298 e. The zero-order valence-corrected chi connectivity index (χ0v) is 22.8. The van der Waals surface area contributed by atoms with Crippen LogP contribution in [0.3, 0.4) is 0 Å². The lowest BCUT2D eigenvalue weighted by Gasteiger charge is -2.45. The number of hydrogen-bond donors (Lipinski definition) is 2. The molecule has 212 valence electrons. The van der Waals surface area contributed by atoms with Gasteiger partial charge in [-0.1, -0.05) is 18.2 Å². The highest BCUT2D eigenvalue weighted by molar-refractivity contribution is 7.86. The molecule has 40 heavy (non-hydrogen) atoms. The van der Waals surface area contributed by atoms with Gasteiger partial charge in [0, 0.05) is 24.5 Å². The van der Waals surface area contributed by atoms with Gasteiger partial charge in [-0.05, 0) is 60.3 Å². The third-order valence-electron chi connectivity index (χ3n) is 6.70. The number of halogens is 1. The van der Waals surface area contributed by atoms with Gasteiger partial charge < -0.3 is 9.64 Å². The number of nitroso groups, excluding NO2 is 1. The van der Waals surface area contributed by atoms with Crippen LogP contribution in [0.15, 0.2) is 69.2 Å². The highest BCUT2D eigenvalue weighted by atomic mass is 32.2. The summed E-state index contributed by atoms with van der Waals surface area (Å²) in [6, 6.07) is 8.96. The molecule has 2 N–H and O–H groups in total. The van der Waals surface area contributed by atoms with Crippen molar-refractivity contribution < 1.29 is 39.9 Å². The predicted octanol–water partition coefficient (Wildman–Crippen LogP) is 3.52. The molecule has 4 rings (SSSR count). The van der Waals surface area contributed by atoms with E-state index >= 15 is 0 Å². The summed E-state index contributed by atoms with van der Waals surface area (Å²) < 4.78 is 85.7. The van der Waals surface area contributed by atoms with Gasteiger partial charge in [0.2, 0.25) is 0 Å². The summed E-state index contributed by atoms with van der Waals surface area (Å²) in [6.45, 7) is 3.84. The van der Waals surface area contributed by atoms with E-state index in [-0.39, 0.29) is 35.1 Å². The van der Waals surface area contributed by atoms with Crippen LogP contribution < -0.4 is 4.74 Å². The molecule has 1 heterocycles. The van der Waals surface area contributed by atoms with Crippen LogP contribution in [0.2, 0.25) is 0 Å². The van der Waals surface area contributed by atoms with E-state index in [0.717, 1.165) is 29.8 Å². The smallest absolute Gasteiger partial charge is 0.298 e. The lowest BCUT2D eigenvalue weighted by Crippen LogP contribution is -2.55. The van der Waals surface area contributed by atoms with Crippen molar-refractivity contribution in [3.05, 3.63) is 70.5 Å². The Morgan fingerprint density at radius 2 is 1.73 bits per heavy atom. The number of nitrogens with zero attached hydrogens (tertiary/aromatic N) is 3. The standard InChI is InChI=1S/C25H24FN3O9S2/c1-15-11-28(16(2)22(13-30)29(15)12-17-3-5-19(26)6-4-17)14-38-25-23(40(35,36)37)10-18-9-20(39(32,33)34)7-8-21(18)24(25)27-31/h3-10,15-16H,11-12,14H2,1-2H3,(H,32,33,34)(H,35,36,37)/t15-,16+/m0/s1. The summed E-state index contributed by atoms with van der Waals surface area (Å²) >= 11 is 0. The van der Waals surface area contributed by atoms with E-state index in [4.69, 9.17) is 4.74 Å². The van der Waals surface area contributed by atoms with Crippen molar-refractivity contribution in [1.82, 2.24) is 9.80 Å². The first-order valence-corrected chi connectivity index (χ1v) is 14.6. The van der Waals surface area contributed by atoms with Gasteiger partial charge in [0.1, 0.15) is 29.1 Å². The van der Waals surface area contributed by atoms with Gasteiger partial charge in [0.25, 0.3) is 20.2 Å². The average molecular weight is 594 g/mol. The lowest BCUT2D eigenvalue weighted by atomic mass is 10.0. The van der Waals surface area contributed by atoms with Crippen molar-refractivity contribution in [3.63, 3.8) is 0 Å². The molecule has 2 atom stereocenters. The largest absolute Gasteiger partial charge is 0.474 e. The van der Waals surface area contributed by atoms with Gasteiger partial charge in [-0.15, -0.1) is 4.91 Å². The first-order valence-electron chi connectivity index (χ1n) is 11.8. The maximum atomic E-state index is 13.3. The summed E-state index contributed by atoms with van der Waals surface area (Å²) in [5.74, 6) is 0.977. The molecule has 1 aliphatic rings. The molecule has 0 aromatic heterocycles. The summed E-state index contributed by atoms with van der Waals surface area (Å²) in [7, 11) is -9.66. The summed E-state index contributed by atoms with van der Waals surface area (Å²) in [5, 5.41) is 2.76. The Morgan fingerprint density at radius 3 is 2.30 bits per heavy atom. The molecule has 3 aromatic carbocycles. The van der Waals surface area contributed by atoms with Crippen molar-refractivity contribution in [2.45, 2.75) is 42.3 Å². The second-order valence-corrected chi connectivity index (χ2v) is 12.1. The van der Waals surface area contributed by atoms with E-state index in [1.54, 1.807) is 24.0 Å². The van der Waals surface area contributed by atoms with Crippen LogP contribution in [0, 0.1) is 10.7 Å². The van der Waals surface area contributed by atoms with Crippen molar-refractivity contribution in [1.29, 1.82) is 0 Å². The molecule has 1 fully saturated rings. The normalized spacial score (nSPS) is 18.5. The van der Waals surface area contributed by atoms with Crippen LogP contribution in [-0.4, -0.2) is 67.0 Å². The Labute approximate surface area is 229 Å². The second-order valence-electron chi connectivity index (χ2n) is 9.29. The van der Waals surface area contributed by atoms with Crippen LogP contribution in [-0.2, 0) is 31.6 Å². The number of piperazine rings is 1. The Kier molecular flexibility index (Phi) is 8.08. The third kappa shape index (κ3) is 5.89. The zero-order valence-electron chi connectivity index (χ0n) is 21.2. The van der Waals surface area contributed by atoms with E-state index < -0.39 is 47.5 Å². The number of carbonyl (C=O) groups excluding carboxylic acids is 1. The second kappa shape index (κ2) is 11.0. The predicted molar refractivity (Wildman–Crippen MR) is 141 cm³/mol. The van der Waals surface area contributed by atoms with Gasteiger partial charge in [-0.2, -0.15) is 16.8 Å². The van der Waals surface area contributed by atoms with Crippen molar-refractivity contribution in [3.8, 4) is 5.75 Å². The minimum atomic E-state index is -5.00. The molecule has 0 aliphatic carbocycles. The Bertz CT molecular complexity index is 1740. The number of rotatable bonds is 8. The van der Waals surface area contributed by atoms with Gasteiger partial charge in [-0.25, -0.2) is 9.18 Å². The number of ether oxygens (including phenoxy) is 1. The van der Waals surface area contributed by atoms with Gasteiger partial charge in [-0.3, -0.25) is 14.0 Å². The summed E-state index contributed by atoms with van der Waals surface area (Å²) in [4.78, 5) is 25.9. The third-order valence-corrected chi connectivity index (χ3v) is 8.41. The molecular weight excluding hydrogens is 569 g/mol. The molecule has 0 amide bonds. The molecule has 12 nitrogen and oxygen atoms in total. The van der Waals surface area contributed by atoms with Crippen LogP contribution in [0.25, 0.3) is 10.8 Å². The van der Waals surface area contributed by atoms with E-state index in [9.17, 15) is 40.0 Å². The lowest BCUT2D eigenvalue weighted by molar-refractivity contribution is 0.0277. The maximum absolute atomic E-state index is 13.3. The first-order chi connectivity index (χ1) is 18.7. The number of fused-ring (bicyclic) bond motifs is 1. The fourth-order valence-corrected chi connectivity index (χ4v) is 5.82. The molecule has 0 bridgehead atoms. The van der Waals surface area contributed by atoms with Crippen LogP contribution in [0.1, 0.15) is 19.4 Å². The van der Waals surface area contributed by atoms with Crippen LogP contribution in [0.5, 0.6) is 5.75 Å². The number of hydrogen-bond acceptors (Lipinski definition) is 10. The molecule has 0 radical (unpaired) electrons. The minimum Gasteiger partial charge on any atom is -0.474 e. The molecular formula is C25H24FN3O9S2. The van der Waals surface area contributed by atoms with Crippen LogP contribution >= 0.6 is 0 Å². The zero-order chi connectivity index (χ0) is 29.4. The first kappa shape index (κ1) is 29.3. The highest BCUT2D eigenvalue weighted by Crippen LogP contribution is 2.42. The average Bonchev–Trinajstić information content (AvgIpc) is 2.89. The Hall–Kier alpha value is -3.72. The van der Waals surface area contributed by atoms with E-state index in [1.165, 1.54) is 12.1 Å². The van der Waals surface area contributed by atoms with Gasteiger partial charge in [0.15, 0.2) is 11.4 Å². The van der Waals surface area contributed by atoms with E-state index in [0.29, 0.717) is 13.1 Å². The fourth-order valence-electron chi connectivity index (χ4n) is 4.63. The van der Waals surface area contributed by atoms with Gasteiger partial charge in [0.05, 0.1) is 10.9 Å². The minimum absolute atomic E-state index is 0.00353. The van der Waals surface area contributed by atoms with E-state index in [1.807, 2.05) is 17.8 Å². The quantitative estimate of drug-likeness (QED) is 0.222. The Balaban J connectivity index is 1.67. The van der Waals surface area contributed by atoms with E-state index in [2.05, 4.69) is 5.18 Å². The fraction of sp³-hybridized carbons (Fsp3) is 0.280. The topological polar surface area (TPSA) is 171 Å². The van der Waals surface area contributed by atoms with Crippen molar-refractivity contribution in [2.24, 2.45) is 5.18 Å². The molecule has 15 heteroatoms. The molecule has 3 aromatic rings. The molecule has 0 spiro atoms. The van der Waals surface area contributed by atoms with Crippen molar-refractivity contribution in [2.75, 3.05) is 13.3 Å². The molecule has 0 unspecified atom stereocenters. The molecule has 1 aliphatic heterocycles. The monoisotopic (exact) mass is 593 g/mol. The Morgan fingerprint density at radius 1 is 1.05 bits per heavy atom. The SMILES string of the molecule is C[C@@H]1C(=C=O)N(Cc2ccc(F)cc2)[C@@H](C)CN1COc1c(S(=O)(=O)O)cc2cc(S(=O)(=O)O)ccc2c1N=O.